The fourth-order valence-electron chi connectivity index (χ4n) is 12.7. The van der Waals surface area contributed by atoms with Gasteiger partial charge in [-0.2, -0.15) is 0 Å². The molecule has 0 rings (SSSR count). The second-order valence-electron chi connectivity index (χ2n) is 31.3. The summed E-state index contributed by atoms with van der Waals surface area (Å²) in [6.07, 6.45) is 59.6. The lowest BCUT2D eigenvalue weighted by Gasteiger charge is -2.21. The first-order chi connectivity index (χ1) is 49.2. The molecule has 0 spiro atoms. The van der Waals surface area contributed by atoms with E-state index in [1.165, 1.54) is 231 Å². The van der Waals surface area contributed by atoms with Gasteiger partial charge >= 0.3 is 39.5 Å². The quantitative estimate of drug-likeness (QED) is 0.0222. The van der Waals surface area contributed by atoms with Gasteiger partial charge in [0.1, 0.15) is 19.3 Å². The van der Waals surface area contributed by atoms with Crippen molar-refractivity contribution in [1.82, 2.24) is 0 Å². The normalized spacial score (nSPS) is 14.5. The van der Waals surface area contributed by atoms with Crippen molar-refractivity contribution < 1.29 is 80.2 Å². The van der Waals surface area contributed by atoms with Crippen molar-refractivity contribution in [3.8, 4) is 0 Å². The molecule has 7 atom stereocenters. The summed E-state index contributed by atoms with van der Waals surface area (Å²) in [6.45, 7) is 14.3. The number of unbranched alkanes of at least 4 members (excludes halogenated alkanes) is 44. The molecule has 0 amide bonds. The Morgan fingerprint density at radius 3 is 0.696 bits per heavy atom. The van der Waals surface area contributed by atoms with Gasteiger partial charge in [-0.25, -0.2) is 9.13 Å². The molecule has 3 N–H and O–H groups in total. The number of aliphatic hydroxyl groups excluding tert-OH is 1. The van der Waals surface area contributed by atoms with Gasteiger partial charge in [0.05, 0.1) is 26.4 Å². The van der Waals surface area contributed by atoms with Crippen LogP contribution in [0, 0.1) is 23.7 Å². The summed E-state index contributed by atoms with van der Waals surface area (Å²) in [5.41, 5.74) is 0. The molecule has 0 aromatic carbocycles. The van der Waals surface area contributed by atoms with Crippen LogP contribution in [0.25, 0.3) is 0 Å². The van der Waals surface area contributed by atoms with Gasteiger partial charge in [-0.05, 0) is 49.4 Å². The van der Waals surface area contributed by atoms with Crippen LogP contribution in [0.5, 0.6) is 0 Å². The van der Waals surface area contributed by atoms with Gasteiger partial charge in [-0.15, -0.1) is 0 Å². The number of aliphatic hydroxyl groups is 1. The Balaban J connectivity index is 5.25. The molecular formula is C83H162O17P2. The Kier molecular flexibility index (Phi) is 70.6. The Bertz CT molecular complexity index is 1990. The first kappa shape index (κ1) is 100. The van der Waals surface area contributed by atoms with Crippen LogP contribution < -0.4 is 0 Å². The average Bonchev–Trinajstić information content (AvgIpc) is 3.52. The minimum absolute atomic E-state index is 0.104. The molecule has 606 valence electrons. The zero-order valence-corrected chi connectivity index (χ0v) is 69.0. The van der Waals surface area contributed by atoms with Crippen LogP contribution >= 0.6 is 15.6 Å². The lowest BCUT2D eigenvalue weighted by atomic mass is 9.99. The van der Waals surface area contributed by atoms with Crippen LogP contribution in [0.15, 0.2) is 0 Å². The van der Waals surface area contributed by atoms with Crippen molar-refractivity contribution in [3.63, 3.8) is 0 Å². The van der Waals surface area contributed by atoms with Gasteiger partial charge in [0.15, 0.2) is 12.2 Å². The van der Waals surface area contributed by atoms with E-state index in [4.69, 9.17) is 37.0 Å². The van der Waals surface area contributed by atoms with E-state index in [1.807, 2.05) is 0 Å². The maximum absolute atomic E-state index is 13.1. The molecule has 0 heterocycles. The third-order valence-electron chi connectivity index (χ3n) is 20.0. The van der Waals surface area contributed by atoms with E-state index in [0.29, 0.717) is 25.7 Å². The fraction of sp³-hybridized carbons (Fsp3) is 0.952. The lowest BCUT2D eigenvalue weighted by molar-refractivity contribution is -0.161. The Morgan fingerprint density at radius 1 is 0.275 bits per heavy atom. The molecule has 19 heteroatoms. The molecule has 4 unspecified atom stereocenters. The molecule has 0 fully saturated rings. The highest BCUT2D eigenvalue weighted by atomic mass is 31.2. The summed E-state index contributed by atoms with van der Waals surface area (Å²) in [5, 5.41) is 10.7. The zero-order valence-electron chi connectivity index (χ0n) is 67.2. The monoisotopic (exact) mass is 1490 g/mol. The molecule has 0 aliphatic heterocycles. The number of carbonyl (C=O) groups is 4. The highest BCUT2D eigenvalue weighted by molar-refractivity contribution is 7.47. The topological polar surface area (TPSA) is 237 Å². The number of phosphoric ester groups is 2. The molecule has 0 aliphatic carbocycles. The first-order valence-electron chi connectivity index (χ1n) is 42.8. The molecular weight excluding hydrogens is 1330 g/mol. The molecule has 0 bridgehead atoms. The van der Waals surface area contributed by atoms with Gasteiger partial charge < -0.3 is 33.8 Å². The summed E-state index contributed by atoms with van der Waals surface area (Å²) < 4.78 is 68.8. The molecule has 102 heavy (non-hydrogen) atoms. The van der Waals surface area contributed by atoms with E-state index in [9.17, 15) is 43.2 Å². The van der Waals surface area contributed by atoms with Crippen molar-refractivity contribution in [1.29, 1.82) is 0 Å². The number of ether oxygens (including phenoxy) is 4. The number of hydrogen-bond donors (Lipinski definition) is 3. The summed E-state index contributed by atoms with van der Waals surface area (Å²) in [7, 11) is -9.93. The standard InChI is InChI=1S/C83H162O17P2/c1-9-75(7)61-53-45-37-31-33-40-48-56-64-81(86)94-70-79(100-83(88)66-58-50-42-34-32-38-46-54-62-76(8)10-2)72-98-102(91,92)96-68-77(84)67-95-101(89,90)97-71-78(99-82(87)65-57-49-41-30-26-22-18-14-12-16-20-24-28-36-44-52-60-74(5)6)69-93-80(85)63-55-47-39-29-25-21-17-13-11-15-19-23-27-35-43-51-59-73(3)4/h73-79,84H,9-72H2,1-8H3,(H,89,90)(H,91,92)/t75?,76?,77-,78-,79-/m1/s1. The summed E-state index contributed by atoms with van der Waals surface area (Å²) in [4.78, 5) is 73.1. The summed E-state index contributed by atoms with van der Waals surface area (Å²) in [5.74, 6) is 1.06. The zero-order chi connectivity index (χ0) is 75.3. The summed E-state index contributed by atoms with van der Waals surface area (Å²) >= 11 is 0. The third kappa shape index (κ3) is 73.6. The molecule has 0 radical (unpaired) electrons. The third-order valence-corrected chi connectivity index (χ3v) is 21.9. The molecule has 0 saturated carbocycles. The van der Waals surface area contributed by atoms with E-state index >= 15 is 0 Å². The van der Waals surface area contributed by atoms with Crippen LogP contribution in [0.2, 0.25) is 0 Å². The Hall–Kier alpha value is -1.94. The van der Waals surface area contributed by atoms with Crippen LogP contribution in [-0.2, 0) is 65.4 Å². The highest BCUT2D eigenvalue weighted by Gasteiger charge is 2.30. The van der Waals surface area contributed by atoms with Crippen LogP contribution in [0.3, 0.4) is 0 Å². The predicted molar refractivity (Wildman–Crippen MR) is 418 cm³/mol. The fourth-order valence-corrected chi connectivity index (χ4v) is 14.3. The van der Waals surface area contributed by atoms with Crippen molar-refractivity contribution in [2.75, 3.05) is 39.6 Å². The van der Waals surface area contributed by atoms with E-state index < -0.39 is 97.5 Å². The van der Waals surface area contributed by atoms with Crippen LogP contribution in [0.4, 0.5) is 0 Å². The largest absolute Gasteiger partial charge is 0.472 e. The maximum atomic E-state index is 13.1. The van der Waals surface area contributed by atoms with Crippen LogP contribution in [-0.4, -0.2) is 96.7 Å². The predicted octanol–water partition coefficient (Wildman–Crippen LogP) is 24.8. The van der Waals surface area contributed by atoms with E-state index in [1.54, 1.807) is 0 Å². The van der Waals surface area contributed by atoms with Crippen LogP contribution in [0.1, 0.15) is 428 Å². The maximum Gasteiger partial charge on any atom is 0.472 e. The van der Waals surface area contributed by atoms with E-state index in [-0.39, 0.29) is 25.7 Å². The number of esters is 4. The van der Waals surface area contributed by atoms with E-state index in [0.717, 1.165) is 114 Å². The molecule has 0 aromatic rings. The smallest absolute Gasteiger partial charge is 0.462 e. The number of carbonyl (C=O) groups excluding carboxylic acids is 4. The number of rotatable bonds is 80. The number of hydrogen-bond acceptors (Lipinski definition) is 15. The van der Waals surface area contributed by atoms with Gasteiger partial charge in [0.25, 0.3) is 0 Å². The van der Waals surface area contributed by atoms with Crippen molar-refractivity contribution >= 4 is 39.5 Å². The lowest BCUT2D eigenvalue weighted by Crippen LogP contribution is -2.30. The minimum atomic E-state index is -4.97. The second-order valence-corrected chi connectivity index (χ2v) is 34.2. The van der Waals surface area contributed by atoms with E-state index in [2.05, 4.69) is 55.4 Å². The van der Waals surface area contributed by atoms with Crippen molar-refractivity contribution in [2.24, 2.45) is 23.7 Å². The Labute approximate surface area is 626 Å². The first-order valence-corrected chi connectivity index (χ1v) is 45.8. The Morgan fingerprint density at radius 2 is 0.471 bits per heavy atom. The molecule has 0 saturated heterocycles. The second kappa shape index (κ2) is 72.0. The van der Waals surface area contributed by atoms with Gasteiger partial charge in [0, 0.05) is 25.7 Å². The van der Waals surface area contributed by atoms with Gasteiger partial charge in [-0.3, -0.25) is 37.3 Å². The van der Waals surface area contributed by atoms with Crippen molar-refractivity contribution in [2.45, 2.75) is 446 Å². The van der Waals surface area contributed by atoms with Gasteiger partial charge in [-0.1, -0.05) is 376 Å². The number of phosphoric acid groups is 2. The molecule has 0 aliphatic rings. The van der Waals surface area contributed by atoms with Gasteiger partial charge in [0.2, 0.25) is 0 Å². The molecule has 0 aromatic heterocycles. The summed E-state index contributed by atoms with van der Waals surface area (Å²) in [6, 6.07) is 0. The SMILES string of the molecule is CCC(C)CCCCCCCCCCC(=O)OC[C@H](COP(=O)(O)OC[C@H](O)COP(=O)(O)OC[C@@H](COC(=O)CCCCCCCCCCCCCCCCCCC(C)C)OC(=O)CCCCCCCCCCCCCCCCCCC(C)C)OC(=O)CCCCCCCCCCC(C)CC. The highest BCUT2D eigenvalue weighted by Crippen LogP contribution is 2.45. The average molecular weight is 1490 g/mol. The van der Waals surface area contributed by atoms with Crippen molar-refractivity contribution in [3.05, 3.63) is 0 Å². The minimum Gasteiger partial charge on any atom is -0.462 e. The molecule has 17 nitrogen and oxygen atoms in total.